The first-order chi connectivity index (χ1) is 8.91. The Morgan fingerprint density at radius 3 is 2.32 bits per heavy atom. The predicted molar refractivity (Wildman–Crippen MR) is 82.9 cm³/mol. The lowest BCUT2D eigenvalue weighted by molar-refractivity contribution is -0.134. The summed E-state index contributed by atoms with van der Waals surface area (Å²) in [4.78, 5) is 26.1. The molecule has 4 nitrogen and oxygen atoms in total. The highest BCUT2D eigenvalue weighted by atomic mass is 127. The second-order valence-electron chi connectivity index (χ2n) is 5.09. The summed E-state index contributed by atoms with van der Waals surface area (Å²) in [5.41, 5.74) is 0.776. The molecule has 1 N–H and O–H groups in total. The first kappa shape index (κ1) is 14.3. The number of benzene rings is 1. The number of nitrogens with zero attached hydrogens (tertiary/aromatic N) is 1. The van der Waals surface area contributed by atoms with Crippen molar-refractivity contribution in [3.8, 4) is 0 Å². The molecule has 0 aliphatic carbocycles. The van der Waals surface area contributed by atoms with Gasteiger partial charge in [-0.05, 0) is 59.7 Å². The molecule has 2 amide bonds. The van der Waals surface area contributed by atoms with Crippen LogP contribution in [0.25, 0.3) is 0 Å². The molecule has 1 aromatic carbocycles. The zero-order valence-corrected chi connectivity index (χ0v) is 13.3. The monoisotopic (exact) mass is 372 g/mol. The van der Waals surface area contributed by atoms with Crippen LogP contribution in [0.1, 0.15) is 20.8 Å². The Hall–Kier alpha value is -1.11. The van der Waals surface area contributed by atoms with E-state index in [-0.39, 0.29) is 17.7 Å². The quantitative estimate of drug-likeness (QED) is 0.810. The standard InChI is InChI=1S/C14H17IN2O2/c1-8(2)12-14(19)17(9(3)13(18)16-12)11-6-4-10(15)5-7-11/h4-9,12H,1-3H3,(H,16,18). The van der Waals surface area contributed by atoms with Gasteiger partial charge in [-0.3, -0.25) is 14.5 Å². The molecule has 0 radical (unpaired) electrons. The lowest BCUT2D eigenvalue weighted by atomic mass is 9.98. The van der Waals surface area contributed by atoms with Crippen LogP contribution in [-0.4, -0.2) is 23.9 Å². The van der Waals surface area contributed by atoms with E-state index < -0.39 is 12.1 Å². The molecule has 2 rings (SSSR count). The van der Waals surface area contributed by atoms with E-state index >= 15 is 0 Å². The minimum Gasteiger partial charge on any atom is -0.342 e. The summed E-state index contributed by atoms with van der Waals surface area (Å²) in [6, 6.07) is 6.73. The maximum Gasteiger partial charge on any atom is 0.250 e. The Morgan fingerprint density at radius 1 is 1.21 bits per heavy atom. The van der Waals surface area contributed by atoms with Crippen LogP contribution >= 0.6 is 22.6 Å². The van der Waals surface area contributed by atoms with Crippen molar-refractivity contribution in [2.75, 3.05) is 4.90 Å². The molecule has 0 bridgehead atoms. The predicted octanol–water partition coefficient (Wildman–Crippen LogP) is 2.17. The molecular formula is C14H17IN2O2. The largest absolute Gasteiger partial charge is 0.342 e. The highest BCUT2D eigenvalue weighted by molar-refractivity contribution is 14.1. The van der Waals surface area contributed by atoms with E-state index in [1.807, 2.05) is 38.1 Å². The lowest BCUT2D eigenvalue weighted by Crippen LogP contribution is -2.64. The van der Waals surface area contributed by atoms with Crippen molar-refractivity contribution in [3.63, 3.8) is 0 Å². The van der Waals surface area contributed by atoms with E-state index in [9.17, 15) is 9.59 Å². The number of amides is 2. The summed E-state index contributed by atoms with van der Waals surface area (Å²) in [7, 11) is 0. The second-order valence-corrected chi connectivity index (χ2v) is 6.34. The summed E-state index contributed by atoms with van der Waals surface area (Å²) < 4.78 is 1.10. The lowest BCUT2D eigenvalue weighted by Gasteiger charge is -2.38. The maximum atomic E-state index is 12.5. The number of carbonyl (C=O) groups excluding carboxylic acids is 2. The van der Waals surface area contributed by atoms with Gasteiger partial charge in [0.05, 0.1) is 0 Å². The zero-order valence-electron chi connectivity index (χ0n) is 11.2. The van der Waals surface area contributed by atoms with Gasteiger partial charge in [0.2, 0.25) is 5.91 Å². The van der Waals surface area contributed by atoms with Crippen molar-refractivity contribution in [3.05, 3.63) is 27.8 Å². The van der Waals surface area contributed by atoms with Gasteiger partial charge >= 0.3 is 0 Å². The Labute approximate surface area is 126 Å². The number of anilines is 1. The summed E-state index contributed by atoms with van der Waals surface area (Å²) >= 11 is 2.21. The fraction of sp³-hybridized carbons (Fsp3) is 0.429. The molecule has 0 aromatic heterocycles. The number of carbonyl (C=O) groups is 2. The van der Waals surface area contributed by atoms with Crippen LogP contribution in [0.2, 0.25) is 0 Å². The maximum absolute atomic E-state index is 12.5. The van der Waals surface area contributed by atoms with Crippen LogP contribution in [0.3, 0.4) is 0 Å². The number of nitrogens with one attached hydrogen (secondary N) is 1. The van der Waals surface area contributed by atoms with Crippen molar-refractivity contribution in [2.45, 2.75) is 32.9 Å². The van der Waals surface area contributed by atoms with Crippen LogP contribution < -0.4 is 10.2 Å². The molecule has 2 atom stereocenters. The van der Waals surface area contributed by atoms with Gasteiger partial charge in [0, 0.05) is 9.26 Å². The number of hydrogen-bond acceptors (Lipinski definition) is 2. The van der Waals surface area contributed by atoms with E-state index in [0.29, 0.717) is 0 Å². The molecule has 1 fully saturated rings. The third-order valence-corrected chi connectivity index (χ3v) is 4.06. The van der Waals surface area contributed by atoms with Crippen LogP contribution in [0.5, 0.6) is 0 Å². The van der Waals surface area contributed by atoms with Crippen molar-refractivity contribution < 1.29 is 9.59 Å². The van der Waals surface area contributed by atoms with Gasteiger partial charge in [0.15, 0.2) is 0 Å². The van der Waals surface area contributed by atoms with E-state index in [4.69, 9.17) is 0 Å². The molecule has 1 saturated heterocycles. The average molecular weight is 372 g/mol. The van der Waals surface area contributed by atoms with Gasteiger partial charge in [0.1, 0.15) is 12.1 Å². The number of hydrogen-bond donors (Lipinski definition) is 1. The van der Waals surface area contributed by atoms with Crippen molar-refractivity contribution in [1.29, 1.82) is 0 Å². The first-order valence-corrected chi connectivity index (χ1v) is 7.38. The first-order valence-electron chi connectivity index (χ1n) is 6.31. The molecule has 1 aliphatic heterocycles. The third kappa shape index (κ3) is 2.75. The topological polar surface area (TPSA) is 49.4 Å². The molecule has 0 saturated carbocycles. The molecule has 1 aliphatic rings. The molecule has 1 heterocycles. The number of piperazine rings is 1. The van der Waals surface area contributed by atoms with E-state index in [2.05, 4.69) is 27.9 Å². The van der Waals surface area contributed by atoms with Crippen molar-refractivity contribution in [1.82, 2.24) is 5.32 Å². The highest BCUT2D eigenvalue weighted by Gasteiger charge is 2.40. The van der Waals surface area contributed by atoms with Gasteiger partial charge in [-0.2, -0.15) is 0 Å². The fourth-order valence-corrected chi connectivity index (χ4v) is 2.56. The molecule has 0 spiro atoms. The third-order valence-electron chi connectivity index (χ3n) is 3.34. The fourth-order valence-electron chi connectivity index (χ4n) is 2.20. The van der Waals surface area contributed by atoms with E-state index in [1.165, 1.54) is 0 Å². The summed E-state index contributed by atoms with van der Waals surface area (Å²) in [5.74, 6) is -0.0598. The SMILES string of the molecule is CC(C)C1NC(=O)C(C)N(c2ccc(I)cc2)C1=O. The van der Waals surface area contributed by atoms with E-state index in [0.717, 1.165) is 9.26 Å². The zero-order chi connectivity index (χ0) is 14.2. The second kappa shape index (κ2) is 5.48. The smallest absolute Gasteiger partial charge is 0.250 e. The Morgan fingerprint density at radius 2 is 1.79 bits per heavy atom. The minimum absolute atomic E-state index is 0.0386. The van der Waals surface area contributed by atoms with Crippen LogP contribution in [0.15, 0.2) is 24.3 Å². The molecular weight excluding hydrogens is 355 g/mol. The Kier molecular flexibility index (Phi) is 4.13. The van der Waals surface area contributed by atoms with Crippen LogP contribution in [0.4, 0.5) is 5.69 Å². The van der Waals surface area contributed by atoms with E-state index in [1.54, 1.807) is 11.8 Å². The minimum atomic E-state index is -0.470. The molecule has 102 valence electrons. The summed E-state index contributed by atoms with van der Waals surface area (Å²) in [6.45, 7) is 5.62. The molecule has 1 aromatic rings. The average Bonchev–Trinajstić information content (AvgIpc) is 2.36. The van der Waals surface area contributed by atoms with Crippen LogP contribution in [0, 0.1) is 9.49 Å². The normalized spacial score (nSPS) is 23.7. The number of rotatable bonds is 2. The molecule has 2 unspecified atom stereocenters. The van der Waals surface area contributed by atoms with Gasteiger partial charge in [-0.15, -0.1) is 0 Å². The van der Waals surface area contributed by atoms with Crippen molar-refractivity contribution in [2.24, 2.45) is 5.92 Å². The van der Waals surface area contributed by atoms with Crippen LogP contribution in [-0.2, 0) is 9.59 Å². The number of halogens is 1. The van der Waals surface area contributed by atoms with Gasteiger partial charge in [-0.25, -0.2) is 0 Å². The molecule has 19 heavy (non-hydrogen) atoms. The Bertz CT molecular complexity index is 499. The van der Waals surface area contributed by atoms with Gasteiger partial charge < -0.3 is 5.32 Å². The molecule has 5 heteroatoms. The Balaban J connectivity index is 2.37. The van der Waals surface area contributed by atoms with Crippen molar-refractivity contribution >= 4 is 40.1 Å². The summed E-state index contributed by atoms with van der Waals surface area (Å²) in [5, 5.41) is 2.79. The highest BCUT2D eigenvalue weighted by Crippen LogP contribution is 2.24. The van der Waals surface area contributed by atoms with Gasteiger partial charge in [-0.1, -0.05) is 13.8 Å². The van der Waals surface area contributed by atoms with Gasteiger partial charge in [0.25, 0.3) is 5.91 Å². The summed E-state index contributed by atoms with van der Waals surface area (Å²) in [6.07, 6.45) is 0.